The molecule has 0 saturated heterocycles. The highest BCUT2D eigenvalue weighted by molar-refractivity contribution is 6.06. The van der Waals surface area contributed by atoms with Crippen LogP contribution in [0.3, 0.4) is 0 Å². The van der Waals surface area contributed by atoms with E-state index < -0.39 is 30.5 Å². The molecule has 20 heavy (non-hydrogen) atoms. The van der Waals surface area contributed by atoms with Crippen LogP contribution in [0, 0.1) is 6.92 Å². The second kappa shape index (κ2) is 5.00. The van der Waals surface area contributed by atoms with Crippen LogP contribution in [0.25, 0.3) is 11.1 Å². The molecule has 0 bridgehead atoms. The lowest BCUT2D eigenvalue weighted by Gasteiger charge is -2.13. The topological polar surface area (TPSA) is 108 Å². The molecular formula is C11H11F2N3O4. The van der Waals surface area contributed by atoms with Gasteiger partial charge in [0.05, 0.1) is 18.4 Å². The minimum Gasteiger partial charge on any atom is -0.442 e. The number of rotatable bonds is 4. The van der Waals surface area contributed by atoms with Gasteiger partial charge in [0.2, 0.25) is 5.71 Å². The second-order valence-corrected chi connectivity index (χ2v) is 4.14. The maximum Gasteiger partial charge on any atom is 0.287 e. The Balaban J connectivity index is 2.36. The lowest BCUT2D eigenvalue weighted by atomic mass is 10.1. The second-order valence-electron chi connectivity index (χ2n) is 4.14. The summed E-state index contributed by atoms with van der Waals surface area (Å²) in [6, 6.07) is 0. The van der Waals surface area contributed by atoms with Gasteiger partial charge < -0.3 is 19.8 Å². The zero-order valence-electron chi connectivity index (χ0n) is 10.4. The van der Waals surface area contributed by atoms with Gasteiger partial charge in [0.25, 0.3) is 17.4 Å². The van der Waals surface area contributed by atoms with Gasteiger partial charge >= 0.3 is 0 Å². The van der Waals surface area contributed by atoms with Gasteiger partial charge in [-0.25, -0.2) is 13.8 Å². The third-order valence-corrected chi connectivity index (χ3v) is 2.64. The Morgan fingerprint density at radius 2 is 2.30 bits per heavy atom. The van der Waals surface area contributed by atoms with Crippen molar-refractivity contribution in [3.8, 4) is 0 Å². The number of aliphatic hydroxyl groups is 1. The van der Waals surface area contributed by atoms with Gasteiger partial charge in [-0.05, 0) is 6.92 Å². The van der Waals surface area contributed by atoms with E-state index in [2.05, 4.69) is 9.97 Å². The van der Waals surface area contributed by atoms with E-state index in [0.29, 0.717) is 0 Å². The summed E-state index contributed by atoms with van der Waals surface area (Å²) in [6.45, 7) is -1.02. The highest BCUT2D eigenvalue weighted by Crippen LogP contribution is 2.20. The van der Waals surface area contributed by atoms with Crippen LogP contribution in [-0.4, -0.2) is 40.1 Å². The monoisotopic (exact) mass is 287 g/mol. The summed E-state index contributed by atoms with van der Waals surface area (Å²) < 4.78 is 30.9. The maximum atomic E-state index is 12.9. The first-order valence-electron chi connectivity index (χ1n) is 5.59. The molecule has 0 unspecified atom stereocenters. The van der Waals surface area contributed by atoms with Crippen molar-refractivity contribution in [1.29, 1.82) is 0 Å². The van der Waals surface area contributed by atoms with Crippen LogP contribution in [0.2, 0.25) is 0 Å². The number of halogens is 2. The van der Waals surface area contributed by atoms with E-state index in [1.807, 2.05) is 5.32 Å². The minimum absolute atomic E-state index is 0.0506. The Kier molecular flexibility index (Phi) is 3.53. The number of hydrogen-bond acceptors (Lipinski definition) is 5. The molecule has 0 radical (unpaired) electrons. The van der Waals surface area contributed by atoms with Crippen molar-refractivity contribution in [3.05, 3.63) is 28.0 Å². The van der Waals surface area contributed by atoms with Crippen LogP contribution < -0.4 is 10.9 Å². The molecule has 9 heteroatoms. The van der Waals surface area contributed by atoms with Crippen molar-refractivity contribution in [1.82, 2.24) is 15.3 Å². The predicted molar refractivity (Wildman–Crippen MR) is 63.7 cm³/mol. The van der Waals surface area contributed by atoms with Crippen LogP contribution >= 0.6 is 0 Å². The number of carbonyl (C=O) groups excluding carboxylic acids is 1. The van der Waals surface area contributed by atoms with E-state index in [1.165, 1.54) is 6.92 Å². The molecule has 0 aliphatic rings. The molecule has 2 rings (SSSR count). The fourth-order valence-electron chi connectivity index (χ4n) is 1.68. The van der Waals surface area contributed by atoms with Crippen LogP contribution in [0.5, 0.6) is 0 Å². The van der Waals surface area contributed by atoms with Crippen molar-refractivity contribution >= 4 is 17.0 Å². The van der Waals surface area contributed by atoms with Crippen molar-refractivity contribution in [2.24, 2.45) is 0 Å². The molecule has 1 amide bonds. The summed E-state index contributed by atoms with van der Waals surface area (Å²) in [7, 11) is 0. The Hall–Kier alpha value is -2.29. The fourth-order valence-corrected chi connectivity index (χ4v) is 1.68. The van der Waals surface area contributed by atoms with Crippen LogP contribution in [0.1, 0.15) is 16.1 Å². The normalized spacial score (nSPS) is 11.8. The molecule has 0 fully saturated rings. The summed E-state index contributed by atoms with van der Waals surface area (Å²) in [6.07, 6.45) is 1.11. The first-order valence-corrected chi connectivity index (χ1v) is 5.59. The Morgan fingerprint density at radius 3 is 2.95 bits per heavy atom. The molecule has 0 aliphatic carbocycles. The molecule has 2 heterocycles. The van der Waals surface area contributed by atoms with E-state index in [4.69, 9.17) is 9.52 Å². The molecular weight excluding hydrogens is 276 g/mol. The first-order chi connectivity index (χ1) is 9.35. The standard InChI is InChI=1S/C11H11F2N3O4/c1-5-6(8(18)14-2-11(12,13)3-17)7-9(19)15-4-16-10(7)20-5/h4,17H,2-3H2,1H3,(H,14,18)(H,15,16,19). The number of amides is 1. The number of aliphatic hydroxyl groups excluding tert-OH is 1. The average Bonchev–Trinajstić information content (AvgIpc) is 2.74. The molecule has 0 aliphatic heterocycles. The van der Waals surface area contributed by atoms with E-state index in [-0.39, 0.29) is 22.4 Å². The number of furan rings is 1. The molecule has 0 aromatic carbocycles. The molecule has 7 nitrogen and oxygen atoms in total. The van der Waals surface area contributed by atoms with E-state index in [1.54, 1.807) is 0 Å². The van der Waals surface area contributed by atoms with Crippen LogP contribution in [0.4, 0.5) is 8.78 Å². The minimum atomic E-state index is -3.44. The number of fused-ring (bicyclic) bond motifs is 1. The van der Waals surface area contributed by atoms with Crippen molar-refractivity contribution in [2.75, 3.05) is 13.2 Å². The lowest BCUT2D eigenvalue weighted by molar-refractivity contribution is -0.0462. The molecule has 2 aromatic rings. The summed E-state index contributed by atoms with van der Waals surface area (Å²) >= 11 is 0. The molecule has 108 valence electrons. The quantitative estimate of drug-likeness (QED) is 0.743. The number of H-pyrrole nitrogens is 1. The fraction of sp³-hybridized carbons (Fsp3) is 0.364. The zero-order chi connectivity index (χ0) is 14.9. The summed E-state index contributed by atoms with van der Waals surface area (Å²) in [5, 5.41) is 10.3. The number of aromatic amines is 1. The lowest BCUT2D eigenvalue weighted by Crippen LogP contribution is -2.39. The molecule has 0 atom stereocenters. The first kappa shape index (κ1) is 14.1. The average molecular weight is 287 g/mol. The van der Waals surface area contributed by atoms with Gasteiger partial charge in [-0.3, -0.25) is 9.59 Å². The number of aromatic nitrogens is 2. The van der Waals surface area contributed by atoms with Crippen molar-refractivity contribution in [2.45, 2.75) is 12.8 Å². The summed E-state index contributed by atoms with van der Waals surface area (Å²) in [5.41, 5.74) is -0.806. The highest BCUT2D eigenvalue weighted by Gasteiger charge is 2.30. The van der Waals surface area contributed by atoms with Gasteiger partial charge in [0.15, 0.2) is 0 Å². The zero-order valence-corrected chi connectivity index (χ0v) is 10.4. The third-order valence-electron chi connectivity index (χ3n) is 2.64. The SMILES string of the molecule is Cc1oc2nc[nH]c(=O)c2c1C(=O)NCC(F)(F)CO. The summed E-state index contributed by atoms with van der Waals surface area (Å²) in [4.78, 5) is 29.6. The van der Waals surface area contributed by atoms with E-state index >= 15 is 0 Å². The smallest absolute Gasteiger partial charge is 0.287 e. The van der Waals surface area contributed by atoms with Gasteiger partial charge in [-0.1, -0.05) is 0 Å². The van der Waals surface area contributed by atoms with E-state index in [0.717, 1.165) is 6.33 Å². The molecule has 2 aromatic heterocycles. The Labute approximate surface area is 110 Å². The largest absolute Gasteiger partial charge is 0.442 e. The number of aryl methyl sites for hydroxylation is 1. The predicted octanol–water partition coefficient (Wildman–Crippen LogP) is 0.182. The number of nitrogens with zero attached hydrogens (tertiary/aromatic N) is 1. The van der Waals surface area contributed by atoms with Crippen LogP contribution in [-0.2, 0) is 0 Å². The van der Waals surface area contributed by atoms with Crippen LogP contribution in [0.15, 0.2) is 15.5 Å². The number of nitrogens with one attached hydrogen (secondary N) is 2. The number of carbonyl (C=O) groups is 1. The number of alkyl halides is 2. The highest BCUT2D eigenvalue weighted by atomic mass is 19.3. The van der Waals surface area contributed by atoms with Gasteiger partial charge in [-0.15, -0.1) is 0 Å². The maximum absolute atomic E-state index is 12.9. The number of hydrogen-bond donors (Lipinski definition) is 3. The van der Waals surface area contributed by atoms with Crippen molar-refractivity contribution in [3.63, 3.8) is 0 Å². The van der Waals surface area contributed by atoms with Gasteiger partial charge in [0, 0.05) is 0 Å². The molecule has 0 spiro atoms. The van der Waals surface area contributed by atoms with Crippen molar-refractivity contribution < 1.29 is 23.1 Å². The molecule has 3 N–H and O–H groups in total. The Morgan fingerprint density at radius 1 is 1.60 bits per heavy atom. The Bertz CT molecular complexity index is 707. The van der Waals surface area contributed by atoms with Gasteiger partial charge in [0.1, 0.15) is 17.8 Å². The molecule has 0 saturated carbocycles. The third kappa shape index (κ3) is 2.52. The summed E-state index contributed by atoms with van der Waals surface area (Å²) in [5.74, 6) is -4.24. The van der Waals surface area contributed by atoms with Gasteiger partial charge in [-0.2, -0.15) is 0 Å². The van der Waals surface area contributed by atoms with E-state index in [9.17, 15) is 18.4 Å².